The summed E-state index contributed by atoms with van der Waals surface area (Å²) in [6.45, 7) is 6.20. The van der Waals surface area contributed by atoms with Gasteiger partial charge in [-0.05, 0) is 37.2 Å². The number of amides is 1. The summed E-state index contributed by atoms with van der Waals surface area (Å²) in [6.07, 6.45) is 0. The zero-order chi connectivity index (χ0) is 23.2. The van der Waals surface area contributed by atoms with E-state index in [4.69, 9.17) is 4.98 Å². The molecule has 4 rings (SSSR count). The number of hydrogen-bond acceptors (Lipinski definition) is 6. The number of thioether (sulfide) groups is 1. The van der Waals surface area contributed by atoms with Crippen LogP contribution in [0.2, 0.25) is 0 Å². The lowest BCUT2D eigenvalue weighted by Gasteiger charge is -2.32. The Morgan fingerprint density at radius 3 is 2.45 bits per heavy atom. The molecule has 2 aromatic carbocycles. The van der Waals surface area contributed by atoms with Gasteiger partial charge < -0.3 is 14.7 Å². The van der Waals surface area contributed by atoms with E-state index in [9.17, 15) is 4.79 Å². The first-order chi connectivity index (χ1) is 16.0. The molecule has 2 heterocycles. The Morgan fingerprint density at radius 1 is 0.970 bits per heavy atom. The molecule has 0 bridgehead atoms. The number of hydrogen-bond donors (Lipinski definition) is 0. The van der Waals surface area contributed by atoms with E-state index in [0.29, 0.717) is 0 Å². The summed E-state index contributed by atoms with van der Waals surface area (Å²) in [5, 5.41) is 0.751. The van der Waals surface area contributed by atoms with Crippen LogP contribution in [-0.2, 0) is 12.3 Å². The van der Waals surface area contributed by atoms with Crippen LogP contribution in [0.15, 0.2) is 65.8 Å². The summed E-state index contributed by atoms with van der Waals surface area (Å²) in [7, 11) is 4.15. The largest absolute Gasteiger partial charge is 0.355 e. The van der Waals surface area contributed by atoms with Gasteiger partial charge in [0.15, 0.2) is 5.16 Å². The highest BCUT2D eigenvalue weighted by Crippen LogP contribution is 2.24. The van der Waals surface area contributed by atoms with Gasteiger partial charge in [-0.15, -0.1) is 0 Å². The van der Waals surface area contributed by atoms with Crippen LogP contribution in [0.4, 0.5) is 5.82 Å². The van der Waals surface area contributed by atoms with E-state index in [1.54, 1.807) is 11.8 Å². The molecule has 1 amide bonds. The molecule has 0 radical (unpaired) electrons. The molecule has 0 N–H and O–H groups in total. The number of nitrogens with zero attached hydrogens (tertiary/aromatic N) is 5. The van der Waals surface area contributed by atoms with E-state index < -0.39 is 0 Å². The number of aryl methyl sites for hydroxylation is 1. The summed E-state index contributed by atoms with van der Waals surface area (Å²) in [4.78, 5) is 28.7. The molecule has 0 aliphatic carbocycles. The normalized spacial score (nSPS) is 14.3. The van der Waals surface area contributed by atoms with Crippen molar-refractivity contribution in [2.45, 2.75) is 24.4 Å². The molecule has 0 unspecified atom stereocenters. The van der Waals surface area contributed by atoms with Crippen molar-refractivity contribution in [3.8, 4) is 0 Å². The molecule has 6 nitrogen and oxygen atoms in total. The van der Waals surface area contributed by atoms with Gasteiger partial charge in [-0.2, -0.15) is 0 Å². The van der Waals surface area contributed by atoms with Crippen LogP contribution in [0.25, 0.3) is 0 Å². The van der Waals surface area contributed by atoms with Gasteiger partial charge in [0, 0.05) is 62.8 Å². The maximum absolute atomic E-state index is 12.9. The zero-order valence-electron chi connectivity index (χ0n) is 19.6. The van der Waals surface area contributed by atoms with Crippen LogP contribution in [-0.4, -0.2) is 65.9 Å². The van der Waals surface area contributed by atoms with Crippen molar-refractivity contribution < 1.29 is 4.79 Å². The lowest BCUT2D eigenvalue weighted by Crippen LogP contribution is -2.47. The van der Waals surface area contributed by atoms with Gasteiger partial charge in [0.1, 0.15) is 5.82 Å². The average molecular weight is 462 g/mol. The van der Waals surface area contributed by atoms with Gasteiger partial charge >= 0.3 is 0 Å². The molecule has 33 heavy (non-hydrogen) atoms. The number of rotatable bonds is 7. The van der Waals surface area contributed by atoms with Crippen LogP contribution in [0, 0.1) is 6.92 Å². The number of carbonyl (C=O) groups is 1. The molecule has 1 aliphatic rings. The summed E-state index contributed by atoms with van der Waals surface area (Å²) in [6, 6.07) is 20.3. The molecule has 1 aromatic heterocycles. The third-order valence-electron chi connectivity index (χ3n) is 5.81. The van der Waals surface area contributed by atoms with Gasteiger partial charge in [0.2, 0.25) is 0 Å². The Labute approximate surface area is 200 Å². The monoisotopic (exact) mass is 461 g/mol. The molecule has 7 heteroatoms. The topological polar surface area (TPSA) is 52.6 Å². The predicted octanol–water partition coefficient (Wildman–Crippen LogP) is 4.10. The third-order valence-corrected chi connectivity index (χ3v) is 6.72. The second-order valence-corrected chi connectivity index (χ2v) is 9.52. The Bertz CT molecular complexity index is 1080. The van der Waals surface area contributed by atoms with Crippen LogP contribution in [0.5, 0.6) is 0 Å². The van der Waals surface area contributed by atoms with Crippen molar-refractivity contribution in [3.05, 3.63) is 83.0 Å². The molecule has 0 saturated carbocycles. The molecule has 0 atom stereocenters. The molecule has 0 spiro atoms. The molecular formula is C26H31N5OS. The second kappa shape index (κ2) is 10.8. The summed E-state index contributed by atoms with van der Waals surface area (Å²) in [5.74, 6) is 1.74. The summed E-state index contributed by atoms with van der Waals surface area (Å²) >= 11 is 1.60. The van der Waals surface area contributed by atoms with Crippen molar-refractivity contribution in [2.75, 3.05) is 45.2 Å². The Balaban J connectivity index is 1.41. The standard InChI is InChI=1S/C26H31N5OS/c1-20-16-24(30(3)18-21-8-5-4-6-9-21)28-26(27-20)33-19-22-10-7-11-23(17-22)25(32)31-14-12-29(2)13-15-31/h4-11,16-17H,12-15,18-19H2,1-3H3. The Kier molecular flexibility index (Phi) is 7.62. The predicted molar refractivity (Wildman–Crippen MR) is 135 cm³/mol. The van der Waals surface area contributed by atoms with Gasteiger partial charge in [0.25, 0.3) is 5.91 Å². The van der Waals surface area contributed by atoms with Crippen molar-refractivity contribution in [3.63, 3.8) is 0 Å². The maximum Gasteiger partial charge on any atom is 0.253 e. The SMILES string of the molecule is Cc1cc(N(C)Cc2ccccc2)nc(SCc2cccc(C(=O)N3CCN(C)CC3)c2)n1. The van der Waals surface area contributed by atoms with Gasteiger partial charge in [-0.25, -0.2) is 9.97 Å². The average Bonchev–Trinajstić information content (AvgIpc) is 2.83. The number of likely N-dealkylation sites (N-methyl/N-ethyl adjacent to an activating group) is 1. The van der Waals surface area contributed by atoms with E-state index in [2.05, 4.69) is 59.2 Å². The van der Waals surface area contributed by atoms with E-state index in [-0.39, 0.29) is 5.91 Å². The van der Waals surface area contributed by atoms with Crippen LogP contribution in [0.3, 0.4) is 0 Å². The van der Waals surface area contributed by atoms with Crippen molar-refractivity contribution >= 4 is 23.5 Å². The molecule has 1 fully saturated rings. The first kappa shape index (κ1) is 23.3. The molecule has 1 aliphatic heterocycles. The van der Waals surface area contributed by atoms with E-state index in [0.717, 1.165) is 66.3 Å². The molecular weight excluding hydrogens is 430 g/mol. The van der Waals surface area contributed by atoms with Crippen molar-refractivity contribution in [1.29, 1.82) is 0 Å². The quantitative estimate of drug-likeness (QED) is 0.390. The fraction of sp³-hybridized carbons (Fsp3) is 0.346. The summed E-state index contributed by atoms with van der Waals surface area (Å²) < 4.78 is 0. The number of benzene rings is 2. The zero-order valence-corrected chi connectivity index (χ0v) is 20.4. The first-order valence-electron chi connectivity index (χ1n) is 11.3. The highest BCUT2D eigenvalue weighted by molar-refractivity contribution is 7.98. The summed E-state index contributed by atoms with van der Waals surface area (Å²) in [5.41, 5.74) is 4.05. The van der Waals surface area contributed by atoms with Crippen LogP contribution in [0.1, 0.15) is 27.2 Å². The minimum atomic E-state index is 0.117. The number of carbonyl (C=O) groups excluding carboxylic acids is 1. The Hall–Kier alpha value is -2.90. The highest BCUT2D eigenvalue weighted by Gasteiger charge is 2.20. The van der Waals surface area contributed by atoms with E-state index in [1.165, 1.54) is 5.56 Å². The number of aromatic nitrogens is 2. The lowest BCUT2D eigenvalue weighted by molar-refractivity contribution is 0.0664. The lowest BCUT2D eigenvalue weighted by atomic mass is 10.1. The molecule has 172 valence electrons. The number of anilines is 1. The minimum absolute atomic E-state index is 0.117. The highest BCUT2D eigenvalue weighted by atomic mass is 32.2. The fourth-order valence-corrected chi connectivity index (χ4v) is 4.70. The van der Waals surface area contributed by atoms with E-state index >= 15 is 0 Å². The van der Waals surface area contributed by atoms with Crippen molar-refractivity contribution in [2.24, 2.45) is 0 Å². The van der Waals surface area contributed by atoms with E-state index in [1.807, 2.05) is 42.2 Å². The smallest absolute Gasteiger partial charge is 0.253 e. The fourth-order valence-electron chi connectivity index (χ4n) is 3.86. The maximum atomic E-state index is 12.9. The second-order valence-electron chi connectivity index (χ2n) is 8.58. The molecule has 3 aromatic rings. The van der Waals surface area contributed by atoms with Gasteiger partial charge in [0.05, 0.1) is 0 Å². The molecule has 1 saturated heterocycles. The third kappa shape index (κ3) is 6.33. The Morgan fingerprint density at radius 2 is 1.70 bits per heavy atom. The van der Waals surface area contributed by atoms with Gasteiger partial charge in [-0.1, -0.05) is 54.2 Å². The first-order valence-corrected chi connectivity index (χ1v) is 12.3. The van der Waals surface area contributed by atoms with Gasteiger partial charge in [-0.3, -0.25) is 4.79 Å². The van der Waals surface area contributed by atoms with Crippen LogP contribution >= 0.6 is 11.8 Å². The minimum Gasteiger partial charge on any atom is -0.355 e. The van der Waals surface area contributed by atoms with Crippen LogP contribution < -0.4 is 4.90 Å². The number of piperazine rings is 1. The van der Waals surface area contributed by atoms with Crippen molar-refractivity contribution in [1.82, 2.24) is 19.8 Å².